The van der Waals surface area contributed by atoms with E-state index in [9.17, 15) is 0 Å². The molecule has 0 fully saturated rings. The fraction of sp³-hybridized carbons (Fsp3) is 0.111. The summed E-state index contributed by atoms with van der Waals surface area (Å²) in [5.74, 6) is 1.27. The van der Waals surface area contributed by atoms with E-state index >= 15 is 0 Å². The molecule has 0 atom stereocenters. The molecule has 1 nitrogen and oxygen atoms in total. The van der Waals surface area contributed by atoms with E-state index in [0.29, 0.717) is 5.92 Å². The fourth-order valence-electron chi connectivity index (χ4n) is 5.13. The zero-order valence-corrected chi connectivity index (χ0v) is 18.5. The Bertz CT molecular complexity index is 1110. The number of ether oxygens (including phenoxy) is 1. The van der Waals surface area contributed by atoms with Crippen LogP contribution in [-0.2, 0) is 3.46 Å². The Morgan fingerprint density at radius 1 is 0.621 bits per heavy atom. The topological polar surface area (TPSA) is 9.23 Å². The second-order valence-electron chi connectivity index (χ2n) is 7.65. The third-order valence-corrected chi connectivity index (χ3v) is 10.5. The first-order chi connectivity index (χ1) is 14.3. The summed E-state index contributed by atoms with van der Waals surface area (Å²) in [4.78, 5) is 0. The second kappa shape index (κ2) is 6.49. The SMILES string of the molecule is COc1ccc([Te]C23c4ccccc4C(c4ccccc42)c2ccccc23)cc1. The third-order valence-electron chi connectivity index (χ3n) is 6.28. The van der Waals surface area contributed by atoms with Crippen LogP contribution in [0.1, 0.15) is 39.3 Å². The Labute approximate surface area is 181 Å². The Kier molecular flexibility index (Phi) is 3.88. The summed E-state index contributed by atoms with van der Waals surface area (Å²) >= 11 is -0.624. The van der Waals surface area contributed by atoms with Crippen molar-refractivity contribution >= 4 is 24.5 Å². The van der Waals surface area contributed by atoms with E-state index in [-0.39, 0.29) is 3.46 Å². The summed E-state index contributed by atoms with van der Waals surface area (Å²) < 4.78 is 6.83. The van der Waals surface area contributed by atoms with Crippen molar-refractivity contribution in [1.29, 1.82) is 0 Å². The molecule has 0 saturated carbocycles. The number of benzene rings is 4. The van der Waals surface area contributed by atoms with Crippen LogP contribution in [0.3, 0.4) is 0 Å². The van der Waals surface area contributed by atoms with Crippen molar-refractivity contribution in [2.75, 3.05) is 7.11 Å². The van der Waals surface area contributed by atoms with Crippen LogP contribution in [0.5, 0.6) is 5.75 Å². The summed E-state index contributed by atoms with van der Waals surface area (Å²) in [5, 5.41) is 0. The molecule has 29 heavy (non-hydrogen) atoms. The van der Waals surface area contributed by atoms with E-state index in [2.05, 4.69) is 97.1 Å². The molecule has 2 heteroatoms. The van der Waals surface area contributed by atoms with Gasteiger partial charge in [0.05, 0.1) is 0 Å². The fourth-order valence-corrected chi connectivity index (χ4v) is 9.45. The molecular weight excluding hydrogens is 468 g/mol. The van der Waals surface area contributed by atoms with Crippen LogP contribution < -0.4 is 8.35 Å². The molecule has 0 saturated heterocycles. The summed E-state index contributed by atoms with van der Waals surface area (Å²) in [6, 6.07) is 36.2. The molecule has 2 bridgehead atoms. The van der Waals surface area contributed by atoms with Gasteiger partial charge in [0.25, 0.3) is 0 Å². The molecular formula is C27H20OTe. The molecule has 3 aliphatic rings. The zero-order chi connectivity index (χ0) is 19.4. The molecule has 4 aromatic carbocycles. The molecule has 0 spiro atoms. The monoisotopic (exact) mass is 490 g/mol. The van der Waals surface area contributed by atoms with E-state index in [0.717, 1.165) is 5.75 Å². The van der Waals surface area contributed by atoms with Gasteiger partial charge in [-0.05, 0) is 0 Å². The third kappa shape index (κ3) is 2.34. The predicted molar refractivity (Wildman–Crippen MR) is 119 cm³/mol. The van der Waals surface area contributed by atoms with Crippen molar-refractivity contribution in [3.63, 3.8) is 0 Å². The first-order valence-corrected chi connectivity index (χ1v) is 12.3. The molecule has 4 aromatic rings. The van der Waals surface area contributed by atoms with E-state index in [1.165, 1.54) is 37.0 Å². The summed E-state index contributed by atoms with van der Waals surface area (Å²) in [7, 11) is 1.73. The van der Waals surface area contributed by atoms with Crippen LogP contribution in [0.25, 0.3) is 0 Å². The van der Waals surface area contributed by atoms with Crippen LogP contribution >= 0.6 is 0 Å². The van der Waals surface area contributed by atoms with E-state index in [4.69, 9.17) is 4.74 Å². The second-order valence-corrected chi connectivity index (χ2v) is 11.3. The Morgan fingerprint density at radius 3 is 1.52 bits per heavy atom. The number of methoxy groups -OCH3 is 1. The van der Waals surface area contributed by atoms with Crippen molar-refractivity contribution < 1.29 is 4.74 Å². The minimum absolute atomic E-state index is 0.0296. The zero-order valence-electron chi connectivity index (χ0n) is 16.1. The van der Waals surface area contributed by atoms with Gasteiger partial charge in [-0.1, -0.05) is 0 Å². The van der Waals surface area contributed by atoms with E-state index in [1.54, 1.807) is 7.11 Å². The molecule has 0 heterocycles. The maximum atomic E-state index is 5.40. The van der Waals surface area contributed by atoms with Crippen LogP contribution in [-0.4, -0.2) is 28.0 Å². The Morgan fingerprint density at radius 2 is 1.07 bits per heavy atom. The number of hydrogen-bond acceptors (Lipinski definition) is 1. The van der Waals surface area contributed by atoms with Crippen molar-refractivity contribution in [3.8, 4) is 5.75 Å². The van der Waals surface area contributed by atoms with Gasteiger partial charge in [-0.2, -0.15) is 0 Å². The summed E-state index contributed by atoms with van der Waals surface area (Å²) in [5.41, 5.74) is 9.01. The maximum absolute atomic E-state index is 5.40. The molecule has 0 unspecified atom stereocenters. The summed E-state index contributed by atoms with van der Waals surface area (Å²) in [6.45, 7) is 0. The van der Waals surface area contributed by atoms with Gasteiger partial charge in [-0.25, -0.2) is 0 Å². The quantitative estimate of drug-likeness (QED) is 0.376. The molecule has 0 aromatic heterocycles. The first kappa shape index (κ1) is 17.3. The van der Waals surface area contributed by atoms with Crippen LogP contribution in [0, 0.1) is 0 Å². The van der Waals surface area contributed by atoms with Crippen molar-refractivity contribution in [1.82, 2.24) is 0 Å². The van der Waals surface area contributed by atoms with Gasteiger partial charge >= 0.3 is 182 Å². The minimum atomic E-state index is -0.624. The summed E-state index contributed by atoms with van der Waals surface area (Å²) in [6.07, 6.45) is 0. The molecule has 0 radical (unpaired) electrons. The number of rotatable bonds is 3. The van der Waals surface area contributed by atoms with Gasteiger partial charge in [0.2, 0.25) is 0 Å². The molecule has 0 aliphatic heterocycles. The number of hydrogen-bond donors (Lipinski definition) is 0. The first-order valence-electron chi connectivity index (χ1n) is 9.94. The van der Waals surface area contributed by atoms with Crippen LogP contribution in [0.2, 0.25) is 0 Å². The Balaban J connectivity index is 1.67. The van der Waals surface area contributed by atoms with Gasteiger partial charge in [0, 0.05) is 0 Å². The van der Waals surface area contributed by atoms with Crippen molar-refractivity contribution in [2.24, 2.45) is 0 Å². The van der Waals surface area contributed by atoms with Crippen molar-refractivity contribution in [2.45, 2.75) is 9.38 Å². The average molecular weight is 488 g/mol. The molecule has 3 aliphatic carbocycles. The predicted octanol–water partition coefficient (Wildman–Crippen LogP) is 4.82. The van der Waals surface area contributed by atoms with Gasteiger partial charge in [-0.3, -0.25) is 0 Å². The van der Waals surface area contributed by atoms with Gasteiger partial charge < -0.3 is 0 Å². The normalized spacial score (nSPS) is 20.5. The van der Waals surface area contributed by atoms with Crippen LogP contribution in [0.4, 0.5) is 0 Å². The Hall–Kier alpha value is -2.53. The molecule has 7 rings (SSSR count). The molecule has 0 amide bonds. The van der Waals surface area contributed by atoms with Gasteiger partial charge in [0.1, 0.15) is 0 Å². The molecule has 140 valence electrons. The van der Waals surface area contributed by atoms with E-state index < -0.39 is 20.9 Å². The average Bonchev–Trinajstić information content (AvgIpc) is 2.80. The van der Waals surface area contributed by atoms with E-state index in [1.807, 2.05) is 0 Å². The van der Waals surface area contributed by atoms with Crippen LogP contribution in [0.15, 0.2) is 97.1 Å². The van der Waals surface area contributed by atoms with Crippen molar-refractivity contribution in [3.05, 3.63) is 130 Å². The standard InChI is InChI=1S/C27H20OTe/c1-28-18-14-16-19(17-15-18)29-27-23-11-5-2-8-20(23)26(21-9-3-6-12-24(21)27)22-10-4-7-13-25(22)27/h2-17,26H,1H3. The molecule has 0 N–H and O–H groups in total. The van der Waals surface area contributed by atoms with Gasteiger partial charge in [-0.15, -0.1) is 0 Å². The van der Waals surface area contributed by atoms with Gasteiger partial charge in [0.15, 0.2) is 0 Å².